The Morgan fingerprint density at radius 2 is 0.500 bits per heavy atom. The van der Waals surface area contributed by atoms with Crippen molar-refractivity contribution in [1.82, 2.24) is 0 Å². The third kappa shape index (κ3) is 3.94. The lowest BCUT2D eigenvalue weighted by atomic mass is 9.56. The van der Waals surface area contributed by atoms with Gasteiger partial charge in [0, 0.05) is 0 Å². The van der Waals surface area contributed by atoms with Crippen LogP contribution in [0.2, 0.25) is 0 Å². The molecule has 0 N–H and O–H groups in total. The highest BCUT2D eigenvalue weighted by Crippen LogP contribution is 2.57. The van der Waals surface area contributed by atoms with Crippen LogP contribution in [0.1, 0.15) is 128 Å². The summed E-state index contributed by atoms with van der Waals surface area (Å²) in [7, 11) is 0. The zero-order valence-corrected chi connectivity index (χ0v) is 21.1. The molecule has 0 spiro atoms. The molecule has 8 unspecified atom stereocenters. The molecular formula is C32H52. The molecule has 0 aromatic heterocycles. The molecule has 0 aromatic carbocycles. The van der Waals surface area contributed by atoms with E-state index in [9.17, 15) is 0 Å². The third-order valence-corrected chi connectivity index (χ3v) is 13.2. The Morgan fingerprint density at radius 3 is 0.781 bits per heavy atom. The lowest BCUT2D eigenvalue weighted by Gasteiger charge is -2.49. The van der Waals surface area contributed by atoms with Crippen LogP contribution >= 0.6 is 0 Å². The van der Waals surface area contributed by atoms with Gasteiger partial charge in [0.25, 0.3) is 0 Å². The zero-order valence-electron chi connectivity index (χ0n) is 21.1. The van der Waals surface area contributed by atoms with Crippen molar-refractivity contribution in [2.45, 2.75) is 128 Å². The van der Waals surface area contributed by atoms with Crippen LogP contribution < -0.4 is 0 Å². The summed E-state index contributed by atoms with van der Waals surface area (Å²) in [5.74, 6) is 14.2. The van der Waals surface area contributed by atoms with Crippen molar-refractivity contribution in [2.75, 3.05) is 0 Å². The Kier molecular flexibility index (Phi) is 5.92. The van der Waals surface area contributed by atoms with E-state index >= 15 is 0 Å². The van der Waals surface area contributed by atoms with Gasteiger partial charge in [-0.15, -0.1) is 0 Å². The van der Waals surface area contributed by atoms with Gasteiger partial charge in [0.15, 0.2) is 0 Å². The first-order valence-electron chi connectivity index (χ1n) is 15.8. The van der Waals surface area contributed by atoms with E-state index in [1.165, 1.54) is 71.0 Å². The van der Waals surface area contributed by atoms with Crippen molar-refractivity contribution in [2.24, 2.45) is 71.0 Å². The normalized spacial score (nSPS) is 55.5. The first kappa shape index (κ1) is 21.3. The highest BCUT2D eigenvalue weighted by Gasteiger charge is 2.47. The molecule has 180 valence electrons. The number of hydrogen-bond donors (Lipinski definition) is 0. The fourth-order valence-corrected chi connectivity index (χ4v) is 12.4. The van der Waals surface area contributed by atoms with Gasteiger partial charge in [-0.3, -0.25) is 0 Å². The lowest BCUT2D eigenvalue weighted by Crippen LogP contribution is -2.38. The SMILES string of the molecule is C1C2CC3CC1CC(C2)C3.C1CC2CC(C1)C1CCCC21.C1CC2CC(C1)C1CCCC21. The highest BCUT2D eigenvalue weighted by atomic mass is 14.5. The van der Waals surface area contributed by atoms with E-state index in [1.54, 1.807) is 128 Å². The summed E-state index contributed by atoms with van der Waals surface area (Å²) in [6.45, 7) is 0. The first-order chi connectivity index (χ1) is 15.8. The van der Waals surface area contributed by atoms with Gasteiger partial charge in [0.05, 0.1) is 0 Å². The van der Waals surface area contributed by atoms with Crippen LogP contribution in [-0.4, -0.2) is 0 Å². The zero-order chi connectivity index (χ0) is 21.1. The van der Waals surface area contributed by atoms with E-state index in [0.717, 1.165) is 0 Å². The van der Waals surface area contributed by atoms with Crippen LogP contribution in [-0.2, 0) is 0 Å². The number of fused-ring (bicyclic) bond motifs is 10. The molecule has 0 radical (unpaired) electrons. The van der Waals surface area contributed by atoms with Gasteiger partial charge in [-0.05, 0) is 148 Å². The summed E-state index contributed by atoms with van der Waals surface area (Å²) in [6.07, 6.45) is 31.8. The molecule has 0 heteroatoms. The maximum Gasteiger partial charge on any atom is -0.0355 e. The predicted octanol–water partition coefficient (Wildman–Crippen LogP) is 9.28. The largest absolute Gasteiger partial charge is 0.0528 e. The van der Waals surface area contributed by atoms with Gasteiger partial charge >= 0.3 is 0 Å². The van der Waals surface area contributed by atoms with Crippen LogP contribution in [0, 0.1) is 71.0 Å². The molecule has 10 rings (SSSR count). The summed E-state index contributed by atoms with van der Waals surface area (Å²) in [5.41, 5.74) is 0. The van der Waals surface area contributed by atoms with Crippen molar-refractivity contribution in [3.05, 3.63) is 0 Å². The van der Waals surface area contributed by atoms with Crippen LogP contribution in [0.15, 0.2) is 0 Å². The first-order valence-corrected chi connectivity index (χ1v) is 15.8. The van der Waals surface area contributed by atoms with Crippen molar-refractivity contribution >= 4 is 0 Å². The van der Waals surface area contributed by atoms with Gasteiger partial charge in [0.1, 0.15) is 0 Å². The topological polar surface area (TPSA) is 0 Å². The standard InChI is InChI=1S/2C11H18.C10H16/c2*1-3-8-7-9(4-1)11-6-2-5-10(8)11;1-7-2-9-4-8(1)5-10(3-7)6-9/h2*8-11H,1-7H2;7-10H,1-6H2. The second-order valence-electron chi connectivity index (χ2n) is 14.8. The van der Waals surface area contributed by atoms with Gasteiger partial charge in [-0.1, -0.05) is 51.4 Å². The maximum absolute atomic E-state index is 1.62. The van der Waals surface area contributed by atoms with Crippen molar-refractivity contribution < 1.29 is 0 Å². The summed E-state index contributed by atoms with van der Waals surface area (Å²) >= 11 is 0. The number of rotatable bonds is 0. The molecule has 0 aliphatic heterocycles. The van der Waals surface area contributed by atoms with Crippen LogP contribution in [0.5, 0.6) is 0 Å². The van der Waals surface area contributed by atoms with E-state index in [2.05, 4.69) is 0 Å². The summed E-state index contributed by atoms with van der Waals surface area (Å²) < 4.78 is 0. The molecule has 10 aliphatic carbocycles. The van der Waals surface area contributed by atoms with Gasteiger partial charge < -0.3 is 0 Å². The van der Waals surface area contributed by atoms with Crippen LogP contribution in [0.25, 0.3) is 0 Å². The molecule has 10 saturated carbocycles. The van der Waals surface area contributed by atoms with E-state index in [1.807, 2.05) is 0 Å². The summed E-state index contributed by atoms with van der Waals surface area (Å²) in [6, 6.07) is 0. The van der Waals surface area contributed by atoms with Gasteiger partial charge in [-0.2, -0.15) is 0 Å². The molecule has 8 bridgehead atoms. The van der Waals surface area contributed by atoms with Crippen molar-refractivity contribution in [1.29, 1.82) is 0 Å². The molecule has 32 heavy (non-hydrogen) atoms. The third-order valence-electron chi connectivity index (χ3n) is 13.2. The molecule has 0 heterocycles. The quantitative estimate of drug-likeness (QED) is 0.355. The predicted molar refractivity (Wildman–Crippen MR) is 134 cm³/mol. The van der Waals surface area contributed by atoms with Crippen LogP contribution in [0.3, 0.4) is 0 Å². The molecule has 0 amide bonds. The minimum atomic E-state index is 1.18. The summed E-state index contributed by atoms with van der Waals surface area (Å²) in [5, 5.41) is 0. The Bertz CT molecular complexity index is 522. The molecular weight excluding hydrogens is 384 g/mol. The minimum absolute atomic E-state index is 1.18. The van der Waals surface area contributed by atoms with Crippen molar-refractivity contribution in [3.8, 4) is 0 Å². The average molecular weight is 437 g/mol. The van der Waals surface area contributed by atoms with Gasteiger partial charge in [-0.25, -0.2) is 0 Å². The second kappa shape index (κ2) is 8.90. The molecule has 0 saturated heterocycles. The fraction of sp³-hybridized carbons (Fsp3) is 1.00. The molecule has 0 nitrogen and oxygen atoms in total. The van der Waals surface area contributed by atoms with E-state index in [4.69, 9.17) is 0 Å². The maximum atomic E-state index is 1.62. The molecule has 8 atom stereocenters. The van der Waals surface area contributed by atoms with Crippen LogP contribution in [0.4, 0.5) is 0 Å². The Labute approximate surface area is 199 Å². The van der Waals surface area contributed by atoms with E-state index in [0.29, 0.717) is 0 Å². The van der Waals surface area contributed by atoms with E-state index in [-0.39, 0.29) is 0 Å². The molecule has 0 aromatic rings. The van der Waals surface area contributed by atoms with Crippen molar-refractivity contribution in [3.63, 3.8) is 0 Å². The highest BCUT2D eigenvalue weighted by molar-refractivity contribution is 4.98. The smallest absolute Gasteiger partial charge is 0.0355 e. The summed E-state index contributed by atoms with van der Waals surface area (Å²) in [4.78, 5) is 0. The monoisotopic (exact) mass is 436 g/mol. The minimum Gasteiger partial charge on any atom is -0.0528 e. The average Bonchev–Trinajstić information content (AvgIpc) is 3.56. The number of hydrogen-bond acceptors (Lipinski definition) is 0. The molecule has 10 fully saturated rings. The van der Waals surface area contributed by atoms with Gasteiger partial charge in [0.2, 0.25) is 0 Å². The Hall–Kier alpha value is 0. The Balaban J connectivity index is 0.0000000847. The fourth-order valence-electron chi connectivity index (χ4n) is 12.4. The van der Waals surface area contributed by atoms with E-state index < -0.39 is 0 Å². The second-order valence-corrected chi connectivity index (χ2v) is 14.8. The lowest BCUT2D eigenvalue weighted by molar-refractivity contribution is 0.0198. The Morgan fingerprint density at radius 1 is 0.250 bits per heavy atom. The molecule has 10 aliphatic rings.